The summed E-state index contributed by atoms with van der Waals surface area (Å²) in [6.45, 7) is 8.22. The van der Waals surface area contributed by atoms with E-state index in [4.69, 9.17) is 0 Å². The number of carbonyl (C=O) groups is 1. The second kappa shape index (κ2) is 7.11. The van der Waals surface area contributed by atoms with E-state index >= 15 is 0 Å². The maximum Gasteiger partial charge on any atom is 0.262 e. The summed E-state index contributed by atoms with van der Waals surface area (Å²) in [6, 6.07) is 0.581. The molecule has 3 heterocycles. The number of aromatic nitrogens is 2. The number of thioether (sulfide) groups is 1. The number of amides is 1. The first kappa shape index (κ1) is 18.5. The highest BCUT2D eigenvalue weighted by atomic mass is 32.2. The van der Waals surface area contributed by atoms with Gasteiger partial charge in [-0.3, -0.25) is 14.2 Å². The lowest BCUT2D eigenvalue weighted by molar-refractivity contribution is -0.134. The van der Waals surface area contributed by atoms with Gasteiger partial charge < -0.3 is 4.90 Å². The molecular weight excluding hydrogens is 354 g/mol. The Morgan fingerprint density at radius 1 is 1.28 bits per heavy atom. The second-order valence-corrected chi connectivity index (χ2v) is 9.09. The summed E-state index contributed by atoms with van der Waals surface area (Å²) in [4.78, 5) is 33.9. The summed E-state index contributed by atoms with van der Waals surface area (Å²) in [7, 11) is 1.74. The topological polar surface area (TPSA) is 55.2 Å². The highest BCUT2D eigenvalue weighted by Crippen LogP contribution is 2.29. The van der Waals surface area contributed by atoms with Crippen molar-refractivity contribution >= 4 is 39.2 Å². The molecule has 1 saturated heterocycles. The summed E-state index contributed by atoms with van der Waals surface area (Å²) >= 11 is 2.91. The van der Waals surface area contributed by atoms with Crippen LogP contribution in [0.1, 0.15) is 43.6 Å². The molecule has 1 fully saturated rings. The van der Waals surface area contributed by atoms with Crippen LogP contribution in [-0.4, -0.2) is 38.2 Å². The van der Waals surface area contributed by atoms with Crippen LogP contribution in [0.25, 0.3) is 10.2 Å². The van der Waals surface area contributed by atoms with E-state index in [9.17, 15) is 9.59 Å². The van der Waals surface area contributed by atoms with Crippen LogP contribution in [0.4, 0.5) is 0 Å². The third-order valence-electron chi connectivity index (χ3n) is 5.18. The van der Waals surface area contributed by atoms with Crippen LogP contribution in [0.2, 0.25) is 0 Å². The normalized spacial score (nSPS) is 21.1. The molecule has 0 aliphatic carbocycles. The SMILES string of the molecule is Cc1sc2nc(SCC(=O)N3C(C)CCCC3C)n(C)c(=O)c2c1C. The Balaban J connectivity index is 1.82. The van der Waals surface area contributed by atoms with Crippen LogP contribution in [0.5, 0.6) is 0 Å². The van der Waals surface area contributed by atoms with E-state index in [0.717, 1.165) is 28.1 Å². The van der Waals surface area contributed by atoms with Crippen LogP contribution >= 0.6 is 23.1 Å². The Bertz CT molecular complexity index is 861. The summed E-state index contributed by atoms with van der Waals surface area (Å²) in [6.07, 6.45) is 3.32. The molecule has 0 spiro atoms. The number of thiophene rings is 1. The van der Waals surface area contributed by atoms with Gasteiger partial charge >= 0.3 is 0 Å². The van der Waals surface area contributed by atoms with Crippen LogP contribution in [0.15, 0.2) is 9.95 Å². The monoisotopic (exact) mass is 379 g/mol. The molecule has 7 heteroatoms. The highest BCUT2D eigenvalue weighted by molar-refractivity contribution is 7.99. The average molecular weight is 380 g/mol. The molecule has 1 aliphatic rings. The first-order valence-electron chi connectivity index (χ1n) is 8.72. The Labute approximate surface area is 156 Å². The van der Waals surface area contributed by atoms with Gasteiger partial charge in [-0.2, -0.15) is 0 Å². The van der Waals surface area contributed by atoms with Gasteiger partial charge in [-0.1, -0.05) is 11.8 Å². The number of carbonyl (C=O) groups excluding carboxylic acids is 1. The smallest absolute Gasteiger partial charge is 0.262 e. The van der Waals surface area contributed by atoms with Crippen LogP contribution in [0.3, 0.4) is 0 Å². The molecular formula is C18H25N3O2S2. The number of piperidine rings is 1. The molecule has 2 aromatic heterocycles. The first-order valence-corrected chi connectivity index (χ1v) is 10.5. The van der Waals surface area contributed by atoms with E-state index in [-0.39, 0.29) is 11.5 Å². The molecule has 0 radical (unpaired) electrons. The molecule has 0 saturated carbocycles. The van der Waals surface area contributed by atoms with E-state index in [1.165, 1.54) is 18.2 Å². The van der Waals surface area contributed by atoms with Crippen molar-refractivity contribution in [2.24, 2.45) is 7.05 Å². The van der Waals surface area contributed by atoms with Crippen molar-refractivity contribution in [3.63, 3.8) is 0 Å². The van der Waals surface area contributed by atoms with Crippen molar-refractivity contribution in [3.8, 4) is 0 Å². The number of hydrogen-bond donors (Lipinski definition) is 0. The zero-order valence-electron chi connectivity index (χ0n) is 15.5. The zero-order valence-corrected chi connectivity index (χ0v) is 17.1. The fourth-order valence-corrected chi connectivity index (χ4v) is 5.51. The van der Waals surface area contributed by atoms with Gasteiger partial charge in [0.05, 0.1) is 11.1 Å². The fraction of sp³-hybridized carbons (Fsp3) is 0.611. The summed E-state index contributed by atoms with van der Waals surface area (Å²) < 4.78 is 1.57. The van der Waals surface area contributed by atoms with Gasteiger partial charge in [-0.25, -0.2) is 4.98 Å². The van der Waals surface area contributed by atoms with Crippen LogP contribution in [-0.2, 0) is 11.8 Å². The summed E-state index contributed by atoms with van der Waals surface area (Å²) in [5.41, 5.74) is 0.984. The summed E-state index contributed by atoms with van der Waals surface area (Å²) in [5, 5.41) is 1.32. The van der Waals surface area contributed by atoms with Crippen LogP contribution < -0.4 is 5.56 Å². The third-order valence-corrected chi connectivity index (χ3v) is 7.29. The maximum absolute atomic E-state index is 12.7. The van der Waals surface area contributed by atoms with Gasteiger partial charge in [0.1, 0.15) is 4.83 Å². The van der Waals surface area contributed by atoms with Crippen molar-refractivity contribution in [3.05, 3.63) is 20.8 Å². The molecule has 136 valence electrons. The molecule has 0 aromatic carbocycles. The lowest BCUT2D eigenvalue weighted by Crippen LogP contribution is -2.48. The highest BCUT2D eigenvalue weighted by Gasteiger charge is 2.29. The summed E-state index contributed by atoms with van der Waals surface area (Å²) in [5.74, 6) is 0.460. The Hall–Kier alpha value is -1.34. The number of likely N-dealkylation sites (tertiary alicyclic amines) is 1. The lowest BCUT2D eigenvalue weighted by atomic mass is 9.98. The van der Waals surface area contributed by atoms with E-state index in [0.29, 0.717) is 28.4 Å². The zero-order chi connectivity index (χ0) is 18.3. The maximum atomic E-state index is 12.7. The standard InChI is InChI=1S/C18H25N3O2S2/c1-10-7-6-8-11(2)21(10)14(22)9-24-18-19-16-15(17(23)20(18)5)12(3)13(4)25-16/h10-11H,6-9H2,1-5H3. The molecule has 3 rings (SSSR count). The molecule has 2 aromatic rings. The van der Waals surface area contributed by atoms with Gasteiger partial charge in [-0.15, -0.1) is 11.3 Å². The van der Waals surface area contributed by atoms with Crippen molar-refractivity contribution in [2.45, 2.75) is 64.2 Å². The van der Waals surface area contributed by atoms with Gasteiger partial charge in [0.25, 0.3) is 5.56 Å². The van der Waals surface area contributed by atoms with Crippen LogP contribution in [0, 0.1) is 13.8 Å². The Morgan fingerprint density at radius 2 is 1.92 bits per heavy atom. The molecule has 25 heavy (non-hydrogen) atoms. The minimum Gasteiger partial charge on any atom is -0.337 e. The van der Waals surface area contributed by atoms with Crippen molar-refractivity contribution in [1.82, 2.24) is 14.5 Å². The second-order valence-electron chi connectivity index (χ2n) is 6.94. The predicted octanol–water partition coefficient (Wildman–Crippen LogP) is 3.49. The minimum absolute atomic E-state index is 0.0264. The number of hydrogen-bond acceptors (Lipinski definition) is 5. The van der Waals surface area contributed by atoms with Gasteiger partial charge in [-0.05, 0) is 52.5 Å². The van der Waals surface area contributed by atoms with Gasteiger partial charge in [0, 0.05) is 24.0 Å². The molecule has 1 aliphatic heterocycles. The third kappa shape index (κ3) is 3.36. The van der Waals surface area contributed by atoms with Gasteiger partial charge in [0.15, 0.2) is 5.16 Å². The largest absolute Gasteiger partial charge is 0.337 e. The molecule has 0 N–H and O–H groups in total. The Kier molecular flexibility index (Phi) is 5.25. The van der Waals surface area contributed by atoms with E-state index in [1.807, 2.05) is 18.7 Å². The van der Waals surface area contributed by atoms with Crippen molar-refractivity contribution < 1.29 is 4.79 Å². The number of fused-ring (bicyclic) bond motifs is 1. The van der Waals surface area contributed by atoms with E-state index in [1.54, 1.807) is 23.0 Å². The van der Waals surface area contributed by atoms with E-state index < -0.39 is 0 Å². The predicted molar refractivity (Wildman–Crippen MR) is 105 cm³/mol. The first-order chi connectivity index (χ1) is 11.8. The minimum atomic E-state index is -0.0264. The molecule has 0 bridgehead atoms. The number of nitrogens with zero attached hydrogens (tertiary/aromatic N) is 3. The van der Waals surface area contributed by atoms with Crippen molar-refractivity contribution in [2.75, 3.05) is 5.75 Å². The van der Waals surface area contributed by atoms with Crippen molar-refractivity contribution in [1.29, 1.82) is 0 Å². The van der Waals surface area contributed by atoms with Gasteiger partial charge in [0.2, 0.25) is 5.91 Å². The molecule has 1 amide bonds. The Morgan fingerprint density at radius 3 is 2.56 bits per heavy atom. The molecule has 2 unspecified atom stereocenters. The van der Waals surface area contributed by atoms with E-state index in [2.05, 4.69) is 18.8 Å². The quantitative estimate of drug-likeness (QED) is 0.605. The lowest BCUT2D eigenvalue weighted by Gasteiger charge is -2.39. The number of aryl methyl sites for hydroxylation is 2. The number of rotatable bonds is 3. The fourth-order valence-electron chi connectivity index (χ4n) is 3.60. The molecule has 2 atom stereocenters. The molecule has 5 nitrogen and oxygen atoms in total. The average Bonchev–Trinajstić information content (AvgIpc) is 2.84.